The number of hydrogen-bond acceptors (Lipinski definition) is 9. The van der Waals surface area contributed by atoms with E-state index in [1.807, 2.05) is 31.3 Å². The second-order valence-corrected chi connectivity index (χ2v) is 10.7. The maximum atomic E-state index is 12.4. The average molecular weight is 485 g/mol. The van der Waals surface area contributed by atoms with Crippen LogP contribution in [0, 0.1) is 0 Å². The van der Waals surface area contributed by atoms with E-state index in [4.69, 9.17) is 10.2 Å². The number of rotatable bonds is 7. The smallest absolute Gasteiger partial charge is 0.270 e. The molecular formula is C24H32N6O3S. The Bertz CT molecular complexity index is 1410. The Labute approximate surface area is 202 Å². The molecule has 1 unspecified atom stereocenters. The number of nitrogen functional groups attached to an aromatic ring is 1. The second-order valence-electron chi connectivity index (χ2n) is 8.15. The minimum Gasteiger partial charge on any atom is -0.414 e. The molecule has 9 nitrogen and oxygen atoms in total. The molecule has 0 aliphatic heterocycles. The summed E-state index contributed by atoms with van der Waals surface area (Å²) in [6.07, 6.45) is 1.52. The van der Waals surface area contributed by atoms with Gasteiger partial charge in [0, 0.05) is 21.4 Å². The normalized spacial score (nSPS) is 12.7. The van der Waals surface area contributed by atoms with E-state index in [1.165, 1.54) is 6.20 Å². The minimum atomic E-state index is -3.36. The highest BCUT2D eigenvalue weighted by Gasteiger charge is 2.20. The number of nitrogens with one attached hydrogen (secondary N) is 1. The predicted octanol–water partition coefficient (Wildman–Crippen LogP) is 4.64. The van der Waals surface area contributed by atoms with Gasteiger partial charge in [0.25, 0.3) is 5.89 Å². The molecule has 0 saturated carbocycles. The summed E-state index contributed by atoms with van der Waals surface area (Å²) in [4.78, 5) is 9.03. The lowest BCUT2D eigenvalue weighted by molar-refractivity contribution is 0.582. The van der Waals surface area contributed by atoms with Gasteiger partial charge in [0.15, 0.2) is 21.3 Å². The van der Waals surface area contributed by atoms with E-state index in [9.17, 15) is 8.42 Å². The van der Waals surface area contributed by atoms with Crippen molar-refractivity contribution in [2.75, 3.05) is 12.8 Å². The van der Waals surface area contributed by atoms with E-state index in [0.29, 0.717) is 17.1 Å². The number of nitrogens with two attached hydrogens (primary N) is 1. The van der Waals surface area contributed by atoms with Gasteiger partial charge >= 0.3 is 0 Å². The standard InChI is InChI=1S/C24H26N6O3S.3H2/c1-14(2)34(31,32)19-11-9-17(10-12-19)20-13-27-22(25)21(28-20)24-30-29-23(33-24)18-7-5-16(6-8-18)15(3)26-4;;;/h5-15,26H,1-4H3,(H2,25,27);3*1H. The maximum Gasteiger partial charge on any atom is 0.270 e. The Morgan fingerprint density at radius 2 is 1.56 bits per heavy atom. The third kappa shape index (κ3) is 4.55. The van der Waals surface area contributed by atoms with E-state index < -0.39 is 15.1 Å². The number of aromatic nitrogens is 4. The molecule has 0 aliphatic carbocycles. The molecule has 0 bridgehead atoms. The summed E-state index contributed by atoms with van der Waals surface area (Å²) < 4.78 is 30.6. The molecule has 2 aromatic carbocycles. The first kappa shape index (κ1) is 23.5. The van der Waals surface area contributed by atoms with Crippen molar-refractivity contribution in [3.05, 3.63) is 60.3 Å². The van der Waals surface area contributed by atoms with Crippen LogP contribution in [-0.2, 0) is 9.84 Å². The SMILES string of the molecule is CNC(C)c1ccc(-c2nnc(-c3nc(-c4ccc(S(=O)(=O)C(C)C)cc4)cnc3N)o2)cc1.[HH].[HH].[HH]. The number of sulfone groups is 1. The summed E-state index contributed by atoms with van der Waals surface area (Å²) in [5.74, 6) is 0.637. The molecule has 0 aliphatic rings. The van der Waals surface area contributed by atoms with Gasteiger partial charge in [0.1, 0.15) is 0 Å². The van der Waals surface area contributed by atoms with Crippen molar-refractivity contribution in [2.24, 2.45) is 0 Å². The number of benzene rings is 2. The minimum absolute atomic E-state index is 0. The quantitative estimate of drug-likeness (QED) is 0.384. The first-order valence-corrected chi connectivity index (χ1v) is 12.3. The molecule has 4 rings (SSSR count). The molecule has 182 valence electrons. The number of nitrogens with zero attached hydrogens (tertiary/aromatic N) is 4. The molecule has 0 fully saturated rings. The molecule has 34 heavy (non-hydrogen) atoms. The van der Waals surface area contributed by atoms with Gasteiger partial charge in [-0.15, -0.1) is 10.2 Å². The van der Waals surface area contributed by atoms with Crippen molar-refractivity contribution in [1.82, 2.24) is 25.5 Å². The lowest BCUT2D eigenvalue weighted by atomic mass is 10.1. The Morgan fingerprint density at radius 3 is 2.18 bits per heavy atom. The number of hydrogen-bond donors (Lipinski definition) is 2. The summed E-state index contributed by atoms with van der Waals surface area (Å²) in [5.41, 5.74) is 9.40. The largest absolute Gasteiger partial charge is 0.414 e. The third-order valence-electron chi connectivity index (χ3n) is 5.62. The highest BCUT2D eigenvalue weighted by molar-refractivity contribution is 7.92. The van der Waals surface area contributed by atoms with Crippen molar-refractivity contribution in [3.63, 3.8) is 0 Å². The molecule has 2 heterocycles. The molecule has 0 spiro atoms. The number of anilines is 1. The van der Waals surface area contributed by atoms with Crippen molar-refractivity contribution in [3.8, 4) is 34.3 Å². The molecule has 2 aromatic heterocycles. The lowest BCUT2D eigenvalue weighted by Crippen LogP contribution is -2.13. The van der Waals surface area contributed by atoms with Crippen molar-refractivity contribution >= 4 is 15.7 Å². The van der Waals surface area contributed by atoms with Crippen LogP contribution < -0.4 is 11.1 Å². The zero-order valence-electron chi connectivity index (χ0n) is 19.4. The van der Waals surface area contributed by atoms with Gasteiger partial charge in [-0.05, 0) is 57.6 Å². The van der Waals surface area contributed by atoms with E-state index in [0.717, 1.165) is 11.1 Å². The van der Waals surface area contributed by atoms with Gasteiger partial charge in [-0.3, -0.25) is 0 Å². The van der Waals surface area contributed by atoms with Crippen LogP contribution >= 0.6 is 0 Å². The fourth-order valence-electron chi connectivity index (χ4n) is 3.30. The fraction of sp³-hybridized carbons (Fsp3) is 0.250. The van der Waals surface area contributed by atoms with Gasteiger partial charge in [0.2, 0.25) is 5.89 Å². The van der Waals surface area contributed by atoms with Crippen LogP contribution in [0.3, 0.4) is 0 Å². The van der Waals surface area contributed by atoms with E-state index in [-0.39, 0.29) is 32.6 Å². The Hall–Kier alpha value is -3.63. The molecule has 0 radical (unpaired) electrons. The monoisotopic (exact) mass is 484 g/mol. The van der Waals surface area contributed by atoms with Crippen LogP contribution in [-0.4, -0.2) is 40.9 Å². The predicted molar refractivity (Wildman–Crippen MR) is 137 cm³/mol. The van der Waals surface area contributed by atoms with E-state index >= 15 is 0 Å². The van der Waals surface area contributed by atoms with Crippen molar-refractivity contribution in [1.29, 1.82) is 0 Å². The second kappa shape index (κ2) is 9.32. The zero-order chi connectivity index (χ0) is 24.5. The molecule has 4 aromatic rings. The van der Waals surface area contributed by atoms with Gasteiger partial charge < -0.3 is 15.5 Å². The van der Waals surface area contributed by atoms with Crippen LogP contribution in [0.1, 0.15) is 36.7 Å². The third-order valence-corrected chi connectivity index (χ3v) is 7.79. The molecule has 10 heteroatoms. The van der Waals surface area contributed by atoms with E-state index in [1.54, 1.807) is 38.1 Å². The first-order chi connectivity index (χ1) is 16.2. The first-order valence-electron chi connectivity index (χ1n) is 10.8. The highest BCUT2D eigenvalue weighted by Crippen LogP contribution is 2.29. The molecule has 0 amide bonds. The average Bonchev–Trinajstić information content (AvgIpc) is 3.34. The van der Waals surface area contributed by atoms with Crippen LogP contribution in [0.2, 0.25) is 0 Å². The van der Waals surface area contributed by atoms with Gasteiger partial charge in [-0.1, -0.05) is 24.3 Å². The summed E-state index contributed by atoms with van der Waals surface area (Å²) in [7, 11) is -1.45. The van der Waals surface area contributed by atoms with Crippen LogP contribution in [0.25, 0.3) is 34.3 Å². The van der Waals surface area contributed by atoms with Crippen molar-refractivity contribution in [2.45, 2.75) is 37.0 Å². The fourth-order valence-corrected chi connectivity index (χ4v) is 4.36. The molecule has 3 N–H and O–H groups in total. The van der Waals surface area contributed by atoms with Crippen LogP contribution in [0.4, 0.5) is 5.82 Å². The maximum absolute atomic E-state index is 12.4. The Balaban J connectivity index is 0.00000228. The van der Waals surface area contributed by atoms with Crippen LogP contribution in [0.5, 0.6) is 0 Å². The lowest BCUT2D eigenvalue weighted by Gasteiger charge is -2.10. The summed E-state index contributed by atoms with van der Waals surface area (Å²) in [5, 5.41) is 10.9. The van der Waals surface area contributed by atoms with E-state index in [2.05, 4.69) is 32.4 Å². The van der Waals surface area contributed by atoms with Crippen molar-refractivity contribution < 1.29 is 17.1 Å². The molecule has 1 atom stereocenters. The summed E-state index contributed by atoms with van der Waals surface area (Å²) in [6, 6.07) is 14.5. The van der Waals surface area contributed by atoms with Gasteiger partial charge in [0.05, 0.1) is 22.0 Å². The Kier molecular flexibility index (Phi) is 6.45. The van der Waals surface area contributed by atoms with Gasteiger partial charge in [-0.25, -0.2) is 18.4 Å². The summed E-state index contributed by atoms with van der Waals surface area (Å²) in [6.45, 7) is 5.37. The topological polar surface area (TPSA) is 137 Å². The van der Waals surface area contributed by atoms with Crippen LogP contribution in [0.15, 0.2) is 64.0 Å². The van der Waals surface area contributed by atoms with Gasteiger partial charge in [-0.2, -0.15) is 0 Å². The molecular weight excluding hydrogens is 452 g/mol. The Morgan fingerprint density at radius 1 is 0.941 bits per heavy atom. The zero-order valence-corrected chi connectivity index (χ0v) is 20.2. The molecule has 0 saturated heterocycles. The highest BCUT2D eigenvalue weighted by atomic mass is 32.2. The summed E-state index contributed by atoms with van der Waals surface area (Å²) >= 11 is 0.